The highest BCUT2D eigenvalue weighted by Gasteiger charge is 1.69. The molecule has 0 spiro atoms. The lowest BCUT2D eigenvalue weighted by molar-refractivity contribution is 0.931. The van der Waals surface area contributed by atoms with E-state index < -0.39 is 0 Å². The predicted octanol–water partition coefficient (Wildman–Crippen LogP) is 0.551. The molecule has 0 radical (unpaired) electrons. The number of alkyl halides is 1. The quantitative estimate of drug-likeness (QED) is 0.238. The molecule has 0 saturated carbocycles. The standard InChI is InChI=1S/C2H6ClN3/c3-1-2-5-6-4/h1-2H2,(H2,4,5). The van der Waals surface area contributed by atoms with E-state index >= 15 is 0 Å². The molecule has 0 aromatic carbocycles. The van der Waals surface area contributed by atoms with Crippen molar-refractivity contribution < 1.29 is 0 Å². The highest BCUT2D eigenvalue weighted by molar-refractivity contribution is 6.18. The zero-order valence-corrected chi connectivity index (χ0v) is 4.02. The highest BCUT2D eigenvalue weighted by atomic mass is 35.5. The number of nitrogens with two attached hydrogens (primary N) is 1. The highest BCUT2D eigenvalue weighted by Crippen LogP contribution is 1.73. The van der Waals surface area contributed by atoms with Crippen molar-refractivity contribution in [1.29, 1.82) is 0 Å². The van der Waals surface area contributed by atoms with Crippen LogP contribution in [0.4, 0.5) is 0 Å². The lowest BCUT2D eigenvalue weighted by Crippen LogP contribution is -1.81. The van der Waals surface area contributed by atoms with Gasteiger partial charge in [-0.25, -0.2) is 0 Å². The fourth-order valence-corrected chi connectivity index (χ4v) is 0.171. The Morgan fingerprint density at radius 2 is 2.33 bits per heavy atom. The van der Waals surface area contributed by atoms with Crippen LogP contribution in [0.25, 0.3) is 0 Å². The third kappa shape index (κ3) is 3.69. The fraction of sp³-hybridized carbons (Fsp3) is 1.00. The van der Waals surface area contributed by atoms with Gasteiger partial charge in [0, 0.05) is 5.88 Å². The summed E-state index contributed by atoms with van der Waals surface area (Å²) in [5.74, 6) is 5.10. The van der Waals surface area contributed by atoms with E-state index in [0.717, 1.165) is 0 Å². The molecule has 0 amide bonds. The van der Waals surface area contributed by atoms with Gasteiger partial charge in [0.2, 0.25) is 0 Å². The monoisotopic (exact) mass is 107 g/mol. The molecule has 0 aromatic heterocycles. The third-order valence-electron chi connectivity index (χ3n) is 0.266. The molecule has 0 unspecified atom stereocenters. The summed E-state index contributed by atoms with van der Waals surface area (Å²) >= 11 is 5.17. The number of rotatable bonds is 2. The van der Waals surface area contributed by atoms with E-state index in [1.807, 2.05) is 0 Å². The van der Waals surface area contributed by atoms with E-state index in [1.54, 1.807) is 0 Å². The molecule has 0 atom stereocenters. The van der Waals surface area contributed by atoms with Crippen molar-refractivity contribution in [3.8, 4) is 0 Å². The van der Waals surface area contributed by atoms with Crippen molar-refractivity contribution in [2.75, 3.05) is 12.4 Å². The second-order valence-electron chi connectivity index (χ2n) is 0.669. The van der Waals surface area contributed by atoms with Gasteiger partial charge in [-0.05, 0) is 0 Å². The van der Waals surface area contributed by atoms with Gasteiger partial charge in [0.25, 0.3) is 0 Å². The molecule has 4 heteroatoms. The molecule has 0 rings (SSSR count). The molecule has 0 saturated heterocycles. The fourth-order valence-electron chi connectivity index (χ4n) is 0.0955. The van der Waals surface area contributed by atoms with Gasteiger partial charge < -0.3 is 5.84 Å². The third-order valence-corrected chi connectivity index (χ3v) is 0.435. The first-order valence-electron chi connectivity index (χ1n) is 1.54. The Balaban J connectivity index is 2.66. The van der Waals surface area contributed by atoms with Gasteiger partial charge in [-0.2, -0.15) is 5.11 Å². The van der Waals surface area contributed by atoms with Crippen LogP contribution in [0.1, 0.15) is 0 Å². The summed E-state index contributed by atoms with van der Waals surface area (Å²) in [5.41, 5.74) is 0. The molecule has 36 valence electrons. The zero-order valence-electron chi connectivity index (χ0n) is 3.26. The lowest BCUT2D eigenvalue weighted by atomic mass is 10.8. The van der Waals surface area contributed by atoms with E-state index in [1.165, 1.54) is 0 Å². The Kier molecular flexibility index (Phi) is 4.45. The van der Waals surface area contributed by atoms with Crippen molar-refractivity contribution >= 4 is 11.6 Å². The van der Waals surface area contributed by atoms with E-state index in [4.69, 9.17) is 11.6 Å². The SMILES string of the molecule is NN=NCCCl. The van der Waals surface area contributed by atoms with Gasteiger partial charge in [-0.3, -0.25) is 0 Å². The molecule has 0 heterocycles. The second-order valence-corrected chi connectivity index (χ2v) is 1.05. The van der Waals surface area contributed by atoms with Gasteiger partial charge in [0.15, 0.2) is 0 Å². The first-order chi connectivity index (χ1) is 2.91. The molecule has 3 nitrogen and oxygen atoms in total. The van der Waals surface area contributed by atoms with E-state index in [2.05, 4.69) is 16.2 Å². The Labute approximate surface area is 41.2 Å². The minimum absolute atomic E-state index is 0.487. The van der Waals surface area contributed by atoms with Crippen LogP contribution in [0, 0.1) is 0 Å². The number of hydrogen-bond donors (Lipinski definition) is 1. The summed E-state index contributed by atoms with van der Waals surface area (Å²) in [5, 5.41) is 6.33. The van der Waals surface area contributed by atoms with Crippen LogP contribution in [0.3, 0.4) is 0 Å². The summed E-state index contributed by atoms with van der Waals surface area (Å²) in [7, 11) is 0. The summed E-state index contributed by atoms with van der Waals surface area (Å²) in [4.78, 5) is 0. The van der Waals surface area contributed by atoms with Crippen LogP contribution in [0.5, 0.6) is 0 Å². The maximum absolute atomic E-state index is 5.17. The molecule has 0 aromatic rings. The van der Waals surface area contributed by atoms with E-state index in [9.17, 15) is 0 Å². The van der Waals surface area contributed by atoms with Crippen molar-refractivity contribution in [3.63, 3.8) is 0 Å². The van der Waals surface area contributed by atoms with Crippen LogP contribution in [0.15, 0.2) is 10.3 Å². The number of halogens is 1. The molecule has 0 aliphatic heterocycles. The lowest BCUT2D eigenvalue weighted by Gasteiger charge is -1.74. The summed E-state index contributed by atoms with van der Waals surface area (Å²) in [6, 6.07) is 0. The molecule has 2 N–H and O–H groups in total. The van der Waals surface area contributed by atoms with Crippen LogP contribution < -0.4 is 5.84 Å². The van der Waals surface area contributed by atoms with Crippen LogP contribution in [0.2, 0.25) is 0 Å². The summed E-state index contributed by atoms with van der Waals surface area (Å²) in [6.45, 7) is 0.512. The molecule has 6 heavy (non-hydrogen) atoms. The van der Waals surface area contributed by atoms with Gasteiger partial charge in [-0.15, -0.1) is 11.6 Å². The Morgan fingerprint density at radius 3 is 2.50 bits per heavy atom. The molecule has 0 bridgehead atoms. The van der Waals surface area contributed by atoms with E-state index in [-0.39, 0.29) is 0 Å². The average Bonchev–Trinajstić information content (AvgIpc) is 1.61. The molecular formula is C2H6ClN3. The second kappa shape index (κ2) is 4.69. The molecule has 0 aliphatic carbocycles. The number of hydrogen-bond acceptors (Lipinski definition) is 2. The van der Waals surface area contributed by atoms with Crippen molar-refractivity contribution in [3.05, 3.63) is 0 Å². The van der Waals surface area contributed by atoms with Crippen LogP contribution >= 0.6 is 11.6 Å². The molecule has 0 fully saturated rings. The summed E-state index contributed by atoms with van der Waals surface area (Å²) < 4.78 is 0. The van der Waals surface area contributed by atoms with Crippen molar-refractivity contribution in [2.45, 2.75) is 0 Å². The molecular weight excluding hydrogens is 101 g/mol. The normalized spacial score (nSPS) is 10.2. The summed E-state index contributed by atoms with van der Waals surface area (Å²) in [6.07, 6.45) is 0. The van der Waals surface area contributed by atoms with Crippen molar-refractivity contribution in [2.24, 2.45) is 16.2 Å². The number of nitrogens with zero attached hydrogens (tertiary/aromatic N) is 2. The van der Waals surface area contributed by atoms with Gasteiger partial charge in [-0.1, -0.05) is 5.22 Å². The maximum atomic E-state index is 5.17. The minimum Gasteiger partial charge on any atom is -0.305 e. The van der Waals surface area contributed by atoms with Gasteiger partial charge >= 0.3 is 0 Å². The molecule has 0 aliphatic rings. The maximum Gasteiger partial charge on any atom is 0.0755 e. The Bertz CT molecular complexity index is 44.1. The topological polar surface area (TPSA) is 50.7 Å². The Morgan fingerprint density at radius 1 is 1.67 bits per heavy atom. The minimum atomic E-state index is 0.487. The van der Waals surface area contributed by atoms with Gasteiger partial charge in [0.05, 0.1) is 6.54 Å². The van der Waals surface area contributed by atoms with Crippen molar-refractivity contribution in [1.82, 2.24) is 0 Å². The first-order valence-corrected chi connectivity index (χ1v) is 2.08. The van der Waals surface area contributed by atoms with Crippen LogP contribution in [-0.2, 0) is 0 Å². The Hall–Kier alpha value is -0.310. The average molecular weight is 108 g/mol. The largest absolute Gasteiger partial charge is 0.305 e. The van der Waals surface area contributed by atoms with E-state index in [0.29, 0.717) is 12.4 Å². The van der Waals surface area contributed by atoms with Gasteiger partial charge in [0.1, 0.15) is 0 Å². The predicted molar refractivity (Wildman–Crippen MR) is 24.6 cm³/mol. The smallest absolute Gasteiger partial charge is 0.0755 e. The van der Waals surface area contributed by atoms with Crippen LogP contribution in [-0.4, -0.2) is 12.4 Å². The zero-order chi connectivity index (χ0) is 4.83. The first kappa shape index (κ1) is 5.69.